The van der Waals surface area contributed by atoms with E-state index in [1.54, 1.807) is 20.8 Å². The van der Waals surface area contributed by atoms with Crippen LogP contribution in [0.3, 0.4) is 0 Å². The molecule has 0 aliphatic heterocycles. The average Bonchev–Trinajstić information content (AvgIpc) is 2.38. The molecule has 0 aromatic carbocycles. The van der Waals surface area contributed by atoms with Crippen molar-refractivity contribution in [1.82, 2.24) is 10.4 Å². The lowest BCUT2D eigenvalue weighted by Crippen LogP contribution is -2.34. The molecular formula is C13H26N2O6. The minimum absolute atomic E-state index is 0.0656. The second kappa shape index (κ2) is 10.4. The van der Waals surface area contributed by atoms with Gasteiger partial charge in [-0.05, 0) is 20.8 Å². The van der Waals surface area contributed by atoms with Crippen LogP contribution in [-0.2, 0) is 23.8 Å². The first-order valence-corrected chi connectivity index (χ1v) is 6.69. The maximum atomic E-state index is 11.3. The summed E-state index contributed by atoms with van der Waals surface area (Å²) in [6.07, 6.45) is -0.476. The van der Waals surface area contributed by atoms with Crippen molar-refractivity contribution in [3.8, 4) is 0 Å². The summed E-state index contributed by atoms with van der Waals surface area (Å²) in [5, 5.41) is 3.66. The van der Waals surface area contributed by atoms with Gasteiger partial charge < -0.3 is 19.5 Å². The molecule has 124 valence electrons. The summed E-state index contributed by atoms with van der Waals surface area (Å²) in [4.78, 5) is 27.3. The highest BCUT2D eigenvalue weighted by Gasteiger charge is 2.15. The number of ether oxygens (including phenoxy) is 3. The Labute approximate surface area is 125 Å². The van der Waals surface area contributed by atoms with Crippen LogP contribution in [0.2, 0.25) is 0 Å². The topological polar surface area (TPSA) is 86.3 Å². The van der Waals surface area contributed by atoms with Crippen molar-refractivity contribution in [2.75, 3.05) is 47.1 Å². The highest BCUT2D eigenvalue weighted by atomic mass is 16.7. The van der Waals surface area contributed by atoms with Crippen molar-refractivity contribution in [3.05, 3.63) is 0 Å². The number of carbonyl (C=O) groups excluding carboxylic acids is 2. The van der Waals surface area contributed by atoms with Crippen LogP contribution in [0.5, 0.6) is 0 Å². The molecule has 8 nitrogen and oxygen atoms in total. The van der Waals surface area contributed by atoms with E-state index in [4.69, 9.17) is 19.0 Å². The van der Waals surface area contributed by atoms with Crippen molar-refractivity contribution in [2.24, 2.45) is 0 Å². The van der Waals surface area contributed by atoms with Crippen molar-refractivity contribution in [1.29, 1.82) is 0 Å². The molecule has 21 heavy (non-hydrogen) atoms. The number of hydrogen-bond acceptors (Lipinski definition) is 6. The average molecular weight is 306 g/mol. The zero-order chi connectivity index (χ0) is 16.3. The lowest BCUT2D eigenvalue weighted by atomic mass is 10.2. The largest absolute Gasteiger partial charge is 0.444 e. The van der Waals surface area contributed by atoms with Crippen molar-refractivity contribution < 1.29 is 28.6 Å². The molecule has 0 spiro atoms. The molecule has 0 fully saturated rings. The highest BCUT2D eigenvalue weighted by Crippen LogP contribution is 2.05. The number of hydrogen-bond donors (Lipinski definition) is 1. The first-order chi connectivity index (χ1) is 9.76. The van der Waals surface area contributed by atoms with Gasteiger partial charge in [0.05, 0.1) is 26.9 Å². The van der Waals surface area contributed by atoms with E-state index in [0.29, 0.717) is 19.8 Å². The zero-order valence-electron chi connectivity index (χ0n) is 13.4. The van der Waals surface area contributed by atoms with Gasteiger partial charge >= 0.3 is 6.09 Å². The lowest BCUT2D eigenvalue weighted by molar-refractivity contribution is -0.173. The Morgan fingerprint density at radius 2 is 1.71 bits per heavy atom. The summed E-state index contributed by atoms with van der Waals surface area (Å²) in [5.41, 5.74) is -0.513. The third-order valence-corrected chi connectivity index (χ3v) is 2.14. The van der Waals surface area contributed by atoms with E-state index in [1.165, 1.54) is 14.2 Å². The summed E-state index contributed by atoms with van der Waals surface area (Å²) >= 11 is 0. The summed E-state index contributed by atoms with van der Waals surface area (Å²) < 4.78 is 15.4. The molecule has 0 aromatic heterocycles. The Kier molecular flexibility index (Phi) is 9.68. The number of rotatable bonds is 9. The number of alkyl carbamates (subject to hydrolysis) is 1. The maximum Gasteiger partial charge on any atom is 0.407 e. The number of amides is 2. The van der Waals surface area contributed by atoms with Crippen LogP contribution < -0.4 is 5.32 Å². The summed E-state index contributed by atoms with van der Waals surface area (Å²) in [5.74, 6) is -0.274. The molecular weight excluding hydrogens is 280 g/mol. The lowest BCUT2D eigenvalue weighted by Gasteiger charge is -2.19. The first-order valence-electron chi connectivity index (χ1n) is 6.69. The van der Waals surface area contributed by atoms with Gasteiger partial charge in [-0.3, -0.25) is 9.63 Å². The molecule has 0 rings (SSSR count). The Bertz CT molecular complexity index is 316. The van der Waals surface area contributed by atoms with E-state index in [0.717, 1.165) is 5.06 Å². The summed E-state index contributed by atoms with van der Waals surface area (Å²) in [6.45, 7) is 6.63. The molecule has 0 aliphatic rings. The number of carbonyl (C=O) groups is 2. The fourth-order valence-corrected chi connectivity index (χ4v) is 1.11. The van der Waals surface area contributed by atoms with Gasteiger partial charge in [-0.1, -0.05) is 0 Å². The molecule has 1 N–H and O–H groups in total. The van der Waals surface area contributed by atoms with Crippen LogP contribution in [0.25, 0.3) is 0 Å². The summed E-state index contributed by atoms with van der Waals surface area (Å²) in [6, 6.07) is 0. The van der Waals surface area contributed by atoms with E-state index < -0.39 is 11.7 Å². The third kappa shape index (κ3) is 12.1. The molecule has 0 saturated heterocycles. The Balaban J connectivity index is 3.41. The number of nitrogens with one attached hydrogen (secondary N) is 1. The van der Waals surface area contributed by atoms with Gasteiger partial charge in [0.25, 0.3) is 5.91 Å². The molecule has 8 heteroatoms. The van der Waals surface area contributed by atoms with E-state index in [2.05, 4.69) is 5.32 Å². The van der Waals surface area contributed by atoms with E-state index in [9.17, 15) is 9.59 Å². The van der Waals surface area contributed by atoms with Gasteiger partial charge in [0.15, 0.2) is 0 Å². The highest BCUT2D eigenvalue weighted by molar-refractivity contribution is 5.76. The van der Waals surface area contributed by atoms with Gasteiger partial charge in [0, 0.05) is 13.6 Å². The minimum atomic E-state index is -0.513. The Morgan fingerprint density at radius 1 is 1.10 bits per heavy atom. The zero-order valence-corrected chi connectivity index (χ0v) is 13.4. The van der Waals surface area contributed by atoms with Crippen LogP contribution in [-0.4, -0.2) is 69.8 Å². The maximum absolute atomic E-state index is 11.3. The molecule has 0 unspecified atom stereocenters. The van der Waals surface area contributed by atoms with Crippen molar-refractivity contribution in [3.63, 3.8) is 0 Å². The fraction of sp³-hybridized carbons (Fsp3) is 0.846. The van der Waals surface area contributed by atoms with Crippen LogP contribution in [0.4, 0.5) is 4.79 Å². The quantitative estimate of drug-likeness (QED) is 0.495. The standard InChI is InChI=1S/C13H26N2O6/c1-13(2,3)21-12(17)14-6-7-19-8-9-20-10-11(16)15(4)18-5/h6-10H2,1-5H3,(H,14,17). The Hall–Kier alpha value is -1.38. The fourth-order valence-electron chi connectivity index (χ4n) is 1.11. The smallest absolute Gasteiger partial charge is 0.407 e. The van der Waals surface area contributed by atoms with Gasteiger partial charge in [-0.2, -0.15) is 0 Å². The molecule has 0 heterocycles. The number of hydroxylamine groups is 2. The van der Waals surface area contributed by atoms with Crippen LogP contribution in [0.1, 0.15) is 20.8 Å². The third-order valence-electron chi connectivity index (χ3n) is 2.14. The SMILES string of the molecule is CON(C)C(=O)COCCOCCNC(=O)OC(C)(C)C. The minimum Gasteiger partial charge on any atom is -0.444 e. The van der Waals surface area contributed by atoms with E-state index in [-0.39, 0.29) is 19.1 Å². The second-order valence-corrected chi connectivity index (χ2v) is 5.17. The predicted molar refractivity (Wildman–Crippen MR) is 75.7 cm³/mol. The predicted octanol–water partition coefficient (Wildman–Crippen LogP) is 0.564. The van der Waals surface area contributed by atoms with E-state index in [1.807, 2.05) is 0 Å². The van der Waals surface area contributed by atoms with Gasteiger partial charge in [-0.25, -0.2) is 9.86 Å². The molecule has 0 saturated carbocycles. The van der Waals surface area contributed by atoms with Gasteiger partial charge in [-0.15, -0.1) is 0 Å². The van der Waals surface area contributed by atoms with Gasteiger partial charge in [0.1, 0.15) is 12.2 Å². The molecule has 2 amide bonds. The first kappa shape index (κ1) is 19.6. The molecule has 0 aromatic rings. The van der Waals surface area contributed by atoms with Crippen LogP contribution >= 0.6 is 0 Å². The number of likely N-dealkylation sites (N-methyl/N-ethyl adjacent to an activating group) is 1. The van der Waals surface area contributed by atoms with Gasteiger partial charge in [0.2, 0.25) is 0 Å². The molecule has 0 bridgehead atoms. The molecule has 0 radical (unpaired) electrons. The number of nitrogens with zero attached hydrogens (tertiary/aromatic N) is 1. The Morgan fingerprint density at radius 3 is 2.29 bits per heavy atom. The molecule has 0 aliphatic carbocycles. The monoisotopic (exact) mass is 306 g/mol. The van der Waals surface area contributed by atoms with Crippen LogP contribution in [0, 0.1) is 0 Å². The van der Waals surface area contributed by atoms with Crippen molar-refractivity contribution in [2.45, 2.75) is 26.4 Å². The molecule has 0 atom stereocenters. The normalized spacial score (nSPS) is 11.1. The van der Waals surface area contributed by atoms with Crippen LogP contribution in [0.15, 0.2) is 0 Å². The van der Waals surface area contributed by atoms with E-state index >= 15 is 0 Å². The summed E-state index contributed by atoms with van der Waals surface area (Å²) in [7, 11) is 2.91. The second-order valence-electron chi connectivity index (χ2n) is 5.17. The van der Waals surface area contributed by atoms with Crippen molar-refractivity contribution >= 4 is 12.0 Å².